The molecule has 0 unspecified atom stereocenters. The lowest BCUT2D eigenvalue weighted by molar-refractivity contribution is -0.136. The molecule has 0 amide bonds. The van der Waals surface area contributed by atoms with E-state index in [1.807, 2.05) is 0 Å². The maximum Gasteiger partial charge on any atom is 0.393 e. The lowest BCUT2D eigenvalue weighted by Gasteiger charge is -2.09. The zero-order chi connectivity index (χ0) is 12.3. The summed E-state index contributed by atoms with van der Waals surface area (Å²) in [6, 6.07) is 4.21. The number of rotatable bonds is 3. The fourth-order valence-corrected chi connectivity index (χ4v) is 2.01. The lowest BCUT2D eigenvalue weighted by Crippen LogP contribution is -2.13. The second-order valence-corrected chi connectivity index (χ2v) is 4.45. The van der Waals surface area contributed by atoms with Crippen LogP contribution >= 0.6 is 22.6 Å². The second kappa shape index (κ2) is 5.03. The molecule has 1 rings (SSSR count). The first-order valence-corrected chi connectivity index (χ1v) is 5.41. The minimum Gasteiger partial charge on any atom is -0.481 e. The van der Waals surface area contributed by atoms with Gasteiger partial charge >= 0.3 is 12.1 Å². The van der Waals surface area contributed by atoms with E-state index in [0.29, 0.717) is 9.13 Å². The van der Waals surface area contributed by atoms with Gasteiger partial charge in [0.1, 0.15) is 0 Å². The number of alkyl halides is 3. The average molecular weight is 344 g/mol. The summed E-state index contributed by atoms with van der Waals surface area (Å²) in [5, 5.41) is 8.53. The van der Waals surface area contributed by atoms with Gasteiger partial charge in [-0.2, -0.15) is 13.2 Å². The predicted octanol–water partition coefficient (Wildman–Crippen LogP) is 3.02. The van der Waals surface area contributed by atoms with Crippen LogP contribution < -0.4 is 0 Å². The van der Waals surface area contributed by atoms with Gasteiger partial charge in [-0.05, 0) is 39.8 Å². The highest BCUT2D eigenvalue weighted by atomic mass is 127. The van der Waals surface area contributed by atoms with E-state index < -0.39 is 18.6 Å². The lowest BCUT2D eigenvalue weighted by atomic mass is 10.1. The standard InChI is InChI=1S/C10H8F3IO2/c11-10(12,13)5-7-2-1-6(3-8(7)14)4-9(15)16/h1-3H,4-5H2,(H,15,16). The molecule has 0 fully saturated rings. The Morgan fingerprint density at radius 2 is 2.00 bits per heavy atom. The number of benzene rings is 1. The first-order chi connectivity index (χ1) is 7.28. The topological polar surface area (TPSA) is 37.3 Å². The van der Waals surface area contributed by atoms with Gasteiger partial charge in [-0.25, -0.2) is 0 Å². The molecule has 0 radical (unpaired) electrons. The molecule has 0 spiro atoms. The van der Waals surface area contributed by atoms with Crippen LogP contribution in [0, 0.1) is 3.57 Å². The molecular formula is C10H8F3IO2. The summed E-state index contributed by atoms with van der Waals surface area (Å²) in [6.45, 7) is 0. The molecule has 0 aromatic heterocycles. The van der Waals surface area contributed by atoms with Crippen LogP contribution in [0.25, 0.3) is 0 Å². The molecule has 0 heterocycles. The molecule has 6 heteroatoms. The zero-order valence-corrected chi connectivity index (χ0v) is 10.2. The molecule has 1 N–H and O–H groups in total. The summed E-state index contributed by atoms with van der Waals surface area (Å²) in [4.78, 5) is 10.4. The first-order valence-electron chi connectivity index (χ1n) is 4.34. The SMILES string of the molecule is O=C(O)Cc1ccc(CC(F)(F)F)c(I)c1. The van der Waals surface area contributed by atoms with Gasteiger partial charge in [0.05, 0.1) is 12.8 Å². The van der Waals surface area contributed by atoms with Gasteiger partial charge < -0.3 is 5.11 Å². The fraction of sp³-hybridized carbons (Fsp3) is 0.300. The fourth-order valence-electron chi connectivity index (χ4n) is 1.23. The monoisotopic (exact) mass is 344 g/mol. The third kappa shape index (κ3) is 4.38. The molecule has 0 aliphatic carbocycles. The highest BCUT2D eigenvalue weighted by molar-refractivity contribution is 14.1. The highest BCUT2D eigenvalue weighted by Crippen LogP contribution is 2.25. The smallest absolute Gasteiger partial charge is 0.393 e. The van der Waals surface area contributed by atoms with Crippen molar-refractivity contribution >= 4 is 28.6 Å². The first kappa shape index (κ1) is 13.3. The summed E-state index contributed by atoms with van der Waals surface area (Å²) in [5.74, 6) is -1.00. The minimum atomic E-state index is -4.24. The van der Waals surface area contributed by atoms with Crippen LogP contribution in [-0.2, 0) is 17.6 Å². The highest BCUT2D eigenvalue weighted by Gasteiger charge is 2.28. The summed E-state index contributed by atoms with van der Waals surface area (Å²) < 4.78 is 36.8. The number of halogens is 4. The van der Waals surface area contributed by atoms with Gasteiger partial charge in [-0.15, -0.1) is 0 Å². The third-order valence-electron chi connectivity index (χ3n) is 1.86. The molecule has 16 heavy (non-hydrogen) atoms. The molecule has 2 nitrogen and oxygen atoms in total. The maximum absolute atomic E-state index is 12.1. The number of carboxylic acid groups (broad SMARTS) is 1. The molecule has 0 aliphatic rings. The Bertz CT molecular complexity index is 402. The van der Waals surface area contributed by atoms with Crippen molar-refractivity contribution in [2.75, 3.05) is 0 Å². The molecule has 1 aromatic rings. The normalized spacial score (nSPS) is 11.5. The van der Waals surface area contributed by atoms with Crippen molar-refractivity contribution in [1.29, 1.82) is 0 Å². The van der Waals surface area contributed by atoms with E-state index >= 15 is 0 Å². The van der Waals surface area contributed by atoms with Crippen LogP contribution in [0.2, 0.25) is 0 Å². The summed E-state index contributed by atoms with van der Waals surface area (Å²) >= 11 is 1.78. The van der Waals surface area contributed by atoms with Crippen LogP contribution in [0.15, 0.2) is 18.2 Å². The quantitative estimate of drug-likeness (QED) is 0.856. The van der Waals surface area contributed by atoms with Gasteiger partial charge in [0.15, 0.2) is 0 Å². The summed E-state index contributed by atoms with van der Waals surface area (Å²) in [5.41, 5.74) is 0.671. The largest absolute Gasteiger partial charge is 0.481 e. The number of aliphatic carboxylic acids is 1. The van der Waals surface area contributed by atoms with Crippen LogP contribution in [0.3, 0.4) is 0 Å². The number of carbonyl (C=O) groups is 1. The van der Waals surface area contributed by atoms with Crippen LogP contribution in [0.1, 0.15) is 11.1 Å². The van der Waals surface area contributed by atoms with Crippen molar-refractivity contribution < 1.29 is 23.1 Å². The van der Waals surface area contributed by atoms with Gasteiger partial charge in [-0.1, -0.05) is 12.1 Å². The van der Waals surface area contributed by atoms with Gasteiger partial charge in [0.25, 0.3) is 0 Å². The van der Waals surface area contributed by atoms with Crippen molar-refractivity contribution in [2.24, 2.45) is 0 Å². The molecular weight excluding hydrogens is 336 g/mol. The van der Waals surface area contributed by atoms with Crippen molar-refractivity contribution in [1.82, 2.24) is 0 Å². The number of carboxylic acids is 1. The maximum atomic E-state index is 12.1. The Kier molecular flexibility index (Phi) is 4.17. The van der Waals surface area contributed by atoms with Crippen molar-refractivity contribution in [3.63, 3.8) is 0 Å². The summed E-state index contributed by atoms with van der Waals surface area (Å²) in [7, 11) is 0. The predicted molar refractivity (Wildman–Crippen MR) is 60.3 cm³/mol. The van der Waals surface area contributed by atoms with Crippen LogP contribution in [0.4, 0.5) is 13.2 Å². The average Bonchev–Trinajstić information content (AvgIpc) is 2.06. The van der Waals surface area contributed by atoms with E-state index in [2.05, 4.69) is 0 Å². The van der Waals surface area contributed by atoms with Crippen molar-refractivity contribution in [3.8, 4) is 0 Å². The zero-order valence-electron chi connectivity index (χ0n) is 8.01. The molecule has 1 aromatic carbocycles. The molecule has 0 saturated carbocycles. The van der Waals surface area contributed by atoms with Crippen molar-refractivity contribution in [3.05, 3.63) is 32.9 Å². The van der Waals surface area contributed by atoms with Crippen LogP contribution in [-0.4, -0.2) is 17.3 Å². The number of hydrogen-bond donors (Lipinski definition) is 1. The number of hydrogen-bond acceptors (Lipinski definition) is 1. The van der Waals surface area contributed by atoms with E-state index in [1.54, 1.807) is 22.6 Å². The molecule has 0 atom stereocenters. The Morgan fingerprint density at radius 3 is 2.44 bits per heavy atom. The Labute approximate surface area is 104 Å². The van der Waals surface area contributed by atoms with Gasteiger partial charge in [0.2, 0.25) is 0 Å². The van der Waals surface area contributed by atoms with Crippen LogP contribution in [0.5, 0.6) is 0 Å². The van der Waals surface area contributed by atoms with Gasteiger partial charge in [-0.3, -0.25) is 4.79 Å². The van der Waals surface area contributed by atoms with E-state index in [-0.39, 0.29) is 12.0 Å². The van der Waals surface area contributed by atoms with E-state index in [0.717, 1.165) is 0 Å². The molecule has 0 bridgehead atoms. The van der Waals surface area contributed by atoms with Gasteiger partial charge in [0, 0.05) is 3.57 Å². The van der Waals surface area contributed by atoms with E-state index in [4.69, 9.17) is 5.11 Å². The van der Waals surface area contributed by atoms with E-state index in [9.17, 15) is 18.0 Å². The second-order valence-electron chi connectivity index (χ2n) is 3.29. The Balaban J connectivity index is 2.87. The third-order valence-corrected chi connectivity index (χ3v) is 2.87. The molecule has 0 aliphatic heterocycles. The molecule has 88 valence electrons. The Hall–Kier alpha value is -0.790. The molecule has 0 saturated heterocycles. The Morgan fingerprint density at radius 1 is 1.38 bits per heavy atom. The van der Waals surface area contributed by atoms with E-state index in [1.165, 1.54) is 18.2 Å². The van der Waals surface area contributed by atoms with Crippen molar-refractivity contribution in [2.45, 2.75) is 19.0 Å². The minimum absolute atomic E-state index is 0.169. The summed E-state index contributed by atoms with van der Waals surface area (Å²) in [6.07, 6.45) is -5.41.